The van der Waals surface area contributed by atoms with Crippen molar-refractivity contribution in [2.75, 3.05) is 32.7 Å². The summed E-state index contributed by atoms with van der Waals surface area (Å²) < 4.78 is 0. The van der Waals surface area contributed by atoms with E-state index in [9.17, 15) is 19.2 Å². The van der Waals surface area contributed by atoms with Crippen LogP contribution in [-0.2, 0) is 14.4 Å². The number of nitrogens with one attached hydrogen (secondary N) is 2. The lowest BCUT2D eigenvalue weighted by atomic mass is 10.0. The van der Waals surface area contributed by atoms with E-state index in [1.165, 1.54) is 16.2 Å². The zero-order valence-corrected chi connectivity index (χ0v) is 15.7. The van der Waals surface area contributed by atoms with Crippen molar-refractivity contribution in [3.8, 4) is 0 Å². The molecule has 2 aliphatic rings. The second-order valence-electron chi connectivity index (χ2n) is 6.53. The Morgan fingerprint density at radius 1 is 1.33 bits per heavy atom. The molecule has 4 amide bonds. The molecule has 0 saturated carbocycles. The van der Waals surface area contributed by atoms with Crippen molar-refractivity contribution in [3.05, 3.63) is 22.4 Å². The molecule has 146 valence electrons. The number of hydrogen-bond donors (Lipinski definition) is 3. The van der Waals surface area contributed by atoms with Gasteiger partial charge in [-0.25, -0.2) is 0 Å². The quantitative estimate of drug-likeness (QED) is 0.590. The minimum absolute atomic E-state index is 0.0721. The third-order valence-electron chi connectivity index (χ3n) is 4.80. The van der Waals surface area contributed by atoms with Gasteiger partial charge in [0.25, 0.3) is 5.91 Å². The van der Waals surface area contributed by atoms with E-state index < -0.39 is 18.0 Å². The number of amides is 4. The second kappa shape index (κ2) is 8.49. The van der Waals surface area contributed by atoms with Gasteiger partial charge in [-0.15, -0.1) is 11.3 Å². The molecular weight excluding hydrogens is 370 g/mol. The zero-order valence-electron chi connectivity index (χ0n) is 14.8. The lowest BCUT2D eigenvalue weighted by Crippen LogP contribution is -2.64. The molecule has 0 spiro atoms. The topological polar surface area (TPSA) is 125 Å². The summed E-state index contributed by atoms with van der Waals surface area (Å²) in [5.74, 6) is -1.19. The van der Waals surface area contributed by atoms with E-state index >= 15 is 0 Å². The van der Waals surface area contributed by atoms with Crippen molar-refractivity contribution >= 4 is 35.0 Å². The molecule has 1 aromatic rings. The van der Waals surface area contributed by atoms with Crippen LogP contribution < -0.4 is 16.4 Å². The first-order valence-corrected chi connectivity index (χ1v) is 9.79. The van der Waals surface area contributed by atoms with Crippen molar-refractivity contribution < 1.29 is 19.2 Å². The van der Waals surface area contributed by atoms with Gasteiger partial charge in [-0.05, 0) is 24.3 Å². The van der Waals surface area contributed by atoms with Crippen molar-refractivity contribution in [3.63, 3.8) is 0 Å². The molecule has 1 aromatic heterocycles. The zero-order chi connectivity index (χ0) is 19.4. The fourth-order valence-electron chi connectivity index (χ4n) is 3.34. The molecule has 2 aliphatic heterocycles. The Morgan fingerprint density at radius 3 is 2.81 bits per heavy atom. The number of piperazine rings is 1. The van der Waals surface area contributed by atoms with E-state index in [2.05, 4.69) is 10.6 Å². The third kappa shape index (κ3) is 4.28. The predicted molar refractivity (Wildman–Crippen MR) is 99.0 cm³/mol. The minimum Gasteiger partial charge on any atom is -0.354 e. The first-order valence-electron chi connectivity index (χ1n) is 8.91. The Balaban J connectivity index is 1.73. The maximum absolute atomic E-state index is 12.8. The smallest absolute Gasteiger partial charge is 0.264 e. The van der Waals surface area contributed by atoms with Gasteiger partial charge in [-0.3, -0.25) is 19.2 Å². The molecule has 4 N–H and O–H groups in total. The molecular formula is C17H23N5O4S. The van der Waals surface area contributed by atoms with Crippen LogP contribution in [0.3, 0.4) is 0 Å². The fourth-order valence-corrected chi connectivity index (χ4v) is 4.03. The number of rotatable bonds is 4. The standard InChI is InChI=1S/C17H23N5O4S/c18-9-14(23)22-7-6-21(17(26)13-4-2-8-27-13)10-12(22)16(25)20-11-3-1-5-19-15(11)24/h2,4,8,11-12H,1,3,5-7,9-10,18H2,(H,19,24)(H,20,25). The first kappa shape index (κ1) is 19.3. The average molecular weight is 393 g/mol. The predicted octanol–water partition coefficient (Wildman–Crippen LogP) is -1.25. The number of hydrogen-bond acceptors (Lipinski definition) is 6. The molecule has 2 atom stereocenters. The summed E-state index contributed by atoms with van der Waals surface area (Å²) in [6.07, 6.45) is 1.32. The molecule has 2 unspecified atom stereocenters. The Morgan fingerprint density at radius 2 is 2.15 bits per heavy atom. The van der Waals surface area contributed by atoms with E-state index in [1.54, 1.807) is 17.0 Å². The molecule has 3 heterocycles. The first-order chi connectivity index (χ1) is 13.0. The normalized spacial score (nSPS) is 22.9. The SMILES string of the molecule is NCC(=O)N1CCN(C(=O)c2cccs2)CC1C(=O)NC1CCCNC1=O. The summed E-state index contributed by atoms with van der Waals surface area (Å²) in [6.45, 7) is 1.00. The van der Waals surface area contributed by atoms with E-state index in [0.29, 0.717) is 24.4 Å². The molecule has 10 heteroatoms. The van der Waals surface area contributed by atoms with Crippen LogP contribution in [0.15, 0.2) is 17.5 Å². The van der Waals surface area contributed by atoms with E-state index in [4.69, 9.17) is 5.73 Å². The van der Waals surface area contributed by atoms with Crippen LogP contribution >= 0.6 is 11.3 Å². The molecule has 0 bridgehead atoms. The number of thiophene rings is 1. The summed E-state index contributed by atoms with van der Waals surface area (Å²) in [4.78, 5) is 53.1. The van der Waals surface area contributed by atoms with Crippen LogP contribution in [0.2, 0.25) is 0 Å². The molecule has 0 aliphatic carbocycles. The lowest BCUT2D eigenvalue weighted by Gasteiger charge is -2.40. The lowest BCUT2D eigenvalue weighted by molar-refractivity contribution is -0.143. The van der Waals surface area contributed by atoms with Crippen LogP contribution in [0.4, 0.5) is 0 Å². The molecule has 27 heavy (non-hydrogen) atoms. The van der Waals surface area contributed by atoms with Gasteiger partial charge < -0.3 is 26.2 Å². The summed E-state index contributed by atoms with van der Waals surface area (Å²) in [5, 5.41) is 7.25. The summed E-state index contributed by atoms with van der Waals surface area (Å²) in [6, 6.07) is 2.03. The number of carbonyl (C=O) groups excluding carboxylic acids is 4. The van der Waals surface area contributed by atoms with Crippen LogP contribution in [0.25, 0.3) is 0 Å². The molecule has 3 rings (SSSR count). The number of carbonyl (C=O) groups is 4. The van der Waals surface area contributed by atoms with Crippen LogP contribution in [0, 0.1) is 0 Å². The van der Waals surface area contributed by atoms with Gasteiger partial charge in [0, 0.05) is 19.6 Å². The maximum atomic E-state index is 12.8. The monoisotopic (exact) mass is 393 g/mol. The van der Waals surface area contributed by atoms with Crippen LogP contribution in [0.1, 0.15) is 22.5 Å². The summed E-state index contributed by atoms with van der Waals surface area (Å²) in [5.41, 5.74) is 5.48. The molecule has 2 fully saturated rings. The van der Waals surface area contributed by atoms with Gasteiger partial charge in [-0.1, -0.05) is 6.07 Å². The van der Waals surface area contributed by atoms with Gasteiger partial charge in [0.05, 0.1) is 18.0 Å². The molecule has 0 radical (unpaired) electrons. The number of nitrogens with zero attached hydrogens (tertiary/aromatic N) is 2. The Labute approximate surface area is 160 Å². The van der Waals surface area contributed by atoms with E-state index in [-0.39, 0.29) is 37.4 Å². The Kier molecular flexibility index (Phi) is 6.07. The maximum Gasteiger partial charge on any atom is 0.264 e. The van der Waals surface area contributed by atoms with Crippen molar-refractivity contribution in [2.24, 2.45) is 5.73 Å². The molecule has 9 nitrogen and oxygen atoms in total. The Bertz CT molecular complexity index is 723. The van der Waals surface area contributed by atoms with Gasteiger partial charge in [0.15, 0.2) is 0 Å². The van der Waals surface area contributed by atoms with Crippen LogP contribution in [0.5, 0.6) is 0 Å². The molecule has 0 aromatic carbocycles. The summed E-state index contributed by atoms with van der Waals surface area (Å²) >= 11 is 1.33. The third-order valence-corrected chi connectivity index (χ3v) is 5.66. The van der Waals surface area contributed by atoms with Gasteiger partial charge >= 0.3 is 0 Å². The largest absolute Gasteiger partial charge is 0.354 e. The highest BCUT2D eigenvalue weighted by molar-refractivity contribution is 7.12. The highest BCUT2D eigenvalue weighted by Crippen LogP contribution is 2.17. The highest BCUT2D eigenvalue weighted by Gasteiger charge is 2.38. The second-order valence-corrected chi connectivity index (χ2v) is 7.48. The highest BCUT2D eigenvalue weighted by atomic mass is 32.1. The fraction of sp³-hybridized carbons (Fsp3) is 0.529. The van der Waals surface area contributed by atoms with Gasteiger partial charge in [0.2, 0.25) is 17.7 Å². The summed E-state index contributed by atoms with van der Waals surface area (Å²) in [7, 11) is 0. The van der Waals surface area contributed by atoms with Crippen molar-refractivity contribution in [1.82, 2.24) is 20.4 Å². The van der Waals surface area contributed by atoms with Crippen molar-refractivity contribution in [1.29, 1.82) is 0 Å². The number of piperidine rings is 1. The number of nitrogens with two attached hydrogens (primary N) is 1. The Hall–Kier alpha value is -2.46. The average Bonchev–Trinajstić information content (AvgIpc) is 3.23. The minimum atomic E-state index is -0.867. The van der Waals surface area contributed by atoms with Crippen LogP contribution in [-0.4, -0.2) is 78.2 Å². The van der Waals surface area contributed by atoms with Gasteiger partial charge in [-0.2, -0.15) is 0 Å². The van der Waals surface area contributed by atoms with E-state index in [0.717, 1.165) is 6.42 Å². The molecule has 2 saturated heterocycles. The van der Waals surface area contributed by atoms with Gasteiger partial charge in [0.1, 0.15) is 12.1 Å². The van der Waals surface area contributed by atoms with Crippen molar-refractivity contribution in [2.45, 2.75) is 24.9 Å². The van der Waals surface area contributed by atoms with E-state index in [1.807, 2.05) is 5.38 Å².